The first kappa shape index (κ1) is 71.1. The molecule has 3 N–H and O–H groups in total. The monoisotopic (exact) mass is 1230 g/mol. The molecule has 1 saturated carbocycles. The van der Waals surface area contributed by atoms with Crippen LogP contribution in [-0.4, -0.2) is 181 Å². The second kappa shape index (κ2) is 31.2. The van der Waals surface area contributed by atoms with Crippen LogP contribution < -0.4 is 10.6 Å². The minimum absolute atomic E-state index is 0.00122. The molecule has 1 aliphatic carbocycles. The van der Waals surface area contributed by atoms with Crippen LogP contribution in [0.2, 0.25) is 0 Å². The van der Waals surface area contributed by atoms with Gasteiger partial charge in [-0.25, -0.2) is 4.79 Å². The zero-order valence-electron chi connectivity index (χ0n) is 55.9. The van der Waals surface area contributed by atoms with Gasteiger partial charge in [0.05, 0.1) is 23.9 Å². The summed E-state index contributed by atoms with van der Waals surface area (Å²) in [4.78, 5) is 143. The van der Waals surface area contributed by atoms with Gasteiger partial charge in [-0.05, 0) is 92.7 Å². The Morgan fingerprint density at radius 3 is 1.85 bits per heavy atom. The molecule has 20 heteroatoms. The number of carbonyl (C=O) groups excluding carboxylic acids is 9. The third-order valence-corrected chi connectivity index (χ3v) is 18.8. The van der Waals surface area contributed by atoms with Gasteiger partial charge in [-0.1, -0.05) is 143 Å². The number of rotatable bonds is 15. The molecule has 3 fully saturated rings. The van der Waals surface area contributed by atoms with Crippen LogP contribution in [0.4, 0.5) is 0 Å². The predicted octanol–water partition coefficient (Wildman–Crippen LogP) is 7.44. The van der Waals surface area contributed by atoms with Gasteiger partial charge in [-0.2, -0.15) is 5.10 Å². The lowest BCUT2D eigenvalue weighted by atomic mass is 9.85. The molecule has 20 nitrogen and oxygen atoms in total. The molecular formula is C69H103N9O11. The predicted molar refractivity (Wildman–Crippen MR) is 341 cm³/mol. The fourth-order valence-corrected chi connectivity index (χ4v) is 13.5. The number of carbonyl (C=O) groups is 9. The Labute approximate surface area is 528 Å². The molecule has 3 aliphatic rings. The number of hydrogen-bond acceptors (Lipinski definition) is 12. The first-order chi connectivity index (χ1) is 41.9. The van der Waals surface area contributed by atoms with Crippen molar-refractivity contribution in [2.75, 3.05) is 34.7 Å². The number of esters is 1. The van der Waals surface area contributed by atoms with Gasteiger partial charge in [0.15, 0.2) is 17.9 Å². The molecule has 0 spiro atoms. The van der Waals surface area contributed by atoms with Crippen LogP contribution in [0.5, 0.6) is 0 Å². The molecular weight excluding hydrogens is 1130 g/mol. The smallest absolute Gasteiger partial charge is 0.332 e. The van der Waals surface area contributed by atoms with E-state index in [0.717, 1.165) is 41.7 Å². The van der Waals surface area contributed by atoms with Crippen molar-refractivity contribution in [3.63, 3.8) is 0 Å². The average molecular weight is 1230 g/mol. The first-order valence-corrected chi connectivity index (χ1v) is 32.5. The fraction of sp³-hybridized carbons (Fsp3) is 0.652. The molecule has 2 aliphatic heterocycles. The third-order valence-electron chi connectivity index (χ3n) is 18.8. The highest BCUT2D eigenvalue weighted by Gasteiger charge is 2.48. The SMILES string of the molecule is CC[C@H](C)[C@@H]1NC(=O)[C@@H]2CCCN2C(=O)[C@H](Cc2cccc(-c3cnn(C4CCCC4)c3)c2)N(C)C(=O)[C@H](Cc2ccccc2)NC(=O)[C@H](C(C)C)N(C)C(=O)[C@@H]([C@@H](C)CC)OC(=O)[C@H](C(C)(C)O)N(C)C(=O)[C@H](CC(C)C)CC(=O)[C@H](C(C)C)N(C)C1=O. The Kier molecular flexibility index (Phi) is 24.9. The van der Waals surface area contributed by atoms with Crippen molar-refractivity contribution in [1.82, 2.24) is 44.9 Å². The summed E-state index contributed by atoms with van der Waals surface area (Å²) in [6, 6.07) is 8.35. The molecule has 6 rings (SSSR count). The summed E-state index contributed by atoms with van der Waals surface area (Å²) in [5, 5.41) is 22.5. The summed E-state index contributed by atoms with van der Waals surface area (Å²) < 4.78 is 8.18. The molecule has 2 saturated heterocycles. The molecule has 0 unspecified atom stereocenters. The third kappa shape index (κ3) is 17.3. The molecule has 3 aromatic rings. The average Bonchev–Trinajstić information content (AvgIpc) is 2.00. The van der Waals surface area contributed by atoms with E-state index in [0.29, 0.717) is 36.4 Å². The summed E-state index contributed by atoms with van der Waals surface area (Å²) in [6.45, 7) is 21.0. The van der Waals surface area contributed by atoms with Crippen molar-refractivity contribution < 1.29 is 53.0 Å². The van der Waals surface area contributed by atoms with Crippen LogP contribution in [0.25, 0.3) is 11.1 Å². The number of Topliss-reactive ketones (excluding diaryl/α,β-unsaturated/α-hetero) is 1. The lowest BCUT2D eigenvalue weighted by Crippen LogP contribution is -2.61. The van der Waals surface area contributed by atoms with E-state index in [2.05, 4.69) is 10.6 Å². The standard InChI is InChI=1S/C69H103N9O11/c1-17-44(9)56-66(85)74(14)57(42(5)6)55(79)38-49(34-41(3)4)63(82)76(16)60(69(11,12)88)68(87)89-59(45(10)18-2)67(86)75(15)58(43(7)8)62(81)71-52(36-46-26-20-19-21-27-46)64(83)73(13)54(65(84)77-33-25-32-53(77)61(80)72-56)37-47-28-24-29-48(35-47)50-39-70-78(40-50)51-30-22-23-31-51/h19-21,24,26-29,35,39-45,49,51-54,56-60,88H,17-18,22-23,25,30-34,36-38H2,1-16H3,(H,71,81)(H,72,80)/t44-,45-,49+,52-,53-,54-,56-,57-,58-,59+,60+/m0/s1. The molecule has 3 heterocycles. The van der Waals surface area contributed by atoms with Gasteiger partial charge in [0.1, 0.15) is 30.2 Å². The second-order valence-electron chi connectivity index (χ2n) is 27.4. The maximum Gasteiger partial charge on any atom is 0.332 e. The topological polar surface area (TPSA) is 241 Å². The van der Waals surface area contributed by atoms with Crippen molar-refractivity contribution in [2.24, 2.45) is 35.5 Å². The van der Waals surface area contributed by atoms with E-state index in [1.807, 2.05) is 106 Å². The number of ether oxygens (including phenoxy) is 1. The van der Waals surface area contributed by atoms with Crippen molar-refractivity contribution in [3.05, 3.63) is 78.1 Å². The maximum absolute atomic E-state index is 15.8. The summed E-state index contributed by atoms with van der Waals surface area (Å²) in [6.07, 6.45) is 8.04. The van der Waals surface area contributed by atoms with Crippen LogP contribution in [0.3, 0.4) is 0 Å². The van der Waals surface area contributed by atoms with Gasteiger partial charge in [0.2, 0.25) is 35.4 Å². The van der Waals surface area contributed by atoms with Gasteiger partial charge >= 0.3 is 5.97 Å². The normalized spacial score (nSPS) is 26.1. The van der Waals surface area contributed by atoms with Crippen LogP contribution in [0.15, 0.2) is 67.0 Å². The number of hydrogen-bond donors (Lipinski definition) is 3. The minimum atomic E-state index is -1.96. The highest BCUT2D eigenvalue weighted by molar-refractivity contribution is 5.99. The first-order valence-electron chi connectivity index (χ1n) is 32.5. The second-order valence-corrected chi connectivity index (χ2v) is 27.4. The van der Waals surface area contributed by atoms with Crippen molar-refractivity contribution in [2.45, 2.75) is 220 Å². The molecule has 11 atom stereocenters. The van der Waals surface area contributed by atoms with Crippen molar-refractivity contribution in [3.8, 4) is 11.1 Å². The van der Waals surface area contributed by atoms with E-state index in [-0.39, 0.29) is 44.6 Å². The summed E-state index contributed by atoms with van der Waals surface area (Å²) >= 11 is 0. The van der Waals surface area contributed by atoms with Gasteiger partial charge in [-0.15, -0.1) is 0 Å². The number of ketones is 1. The largest absolute Gasteiger partial charge is 0.450 e. The van der Waals surface area contributed by atoms with Gasteiger partial charge in [-0.3, -0.25) is 43.0 Å². The number of aliphatic hydroxyl groups is 1. The summed E-state index contributed by atoms with van der Waals surface area (Å²) in [7, 11) is 5.80. The van der Waals surface area contributed by atoms with Gasteiger partial charge in [0, 0.05) is 77.6 Å². The van der Waals surface area contributed by atoms with Crippen LogP contribution >= 0.6 is 0 Å². The Morgan fingerprint density at radius 1 is 0.640 bits per heavy atom. The zero-order chi connectivity index (χ0) is 65.9. The zero-order valence-corrected chi connectivity index (χ0v) is 55.9. The number of nitrogens with one attached hydrogen (secondary N) is 2. The van der Waals surface area contributed by atoms with E-state index in [9.17, 15) is 19.5 Å². The Balaban J connectivity index is 1.51. The fourth-order valence-electron chi connectivity index (χ4n) is 13.5. The molecule has 1 aromatic heterocycles. The van der Waals surface area contributed by atoms with E-state index >= 15 is 28.8 Å². The molecule has 7 amide bonds. The number of aromatic nitrogens is 2. The Morgan fingerprint density at radius 2 is 1.26 bits per heavy atom. The van der Waals surface area contributed by atoms with Crippen LogP contribution in [-0.2, 0) is 60.7 Å². The van der Waals surface area contributed by atoms with Gasteiger partial charge in [0.25, 0.3) is 5.91 Å². The molecule has 2 aromatic carbocycles. The summed E-state index contributed by atoms with van der Waals surface area (Å²) in [5.74, 6) is -9.17. The minimum Gasteiger partial charge on any atom is -0.450 e. The van der Waals surface area contributed by atoms with E-state index in [1.54, 1.807) is 34.6 Å². The van der Waals surface area contributed by atoms with E-state index < -0.39 is 137 Å². The van der Waals surface area contributed by atoms with Gasteiger partial charge < -0.3 is 45.0 Å². The van der Waals surface area contributed by atoms with Crippen molar-refractivity contribution in [1.29, 1.82) is 0 Å². The van der Waals surface area contributed by atoms with Crippen LogP contribution in [0.1, 0.15) is 164 Å². The quantitative estimate of drug-likeness (QED) is 0.126. The van der Waals surface area contributed by atoms with Crippen LogP contribution in [0, 0.1) is 35.5 Å². The summed E-state index contributed by atoms with van der Waals surface area (Å²) in [5.41, 5.74) is 1.19. The van der Waals surface area contributed by atoms with E-state index in [1.165, 1.54) is 61.6 Å². The number of benzene rings is 2. The maximum atomic E-state index is 15.8. The molecule has 0 bridgehead atoms. The highest BCUT2D eigenvalue weighted by Crippen LogP contribution is 2.33. The highest BCUT2D eigenvalue weighted by atomic mass is 16.6. The Hall–Kier alpha value is -6.96. The Bertz CT molecular complexity index is 2950. The van der Waals surface area contributed by atoms with E-state index in [4.69, 9.17) is 9.84 Å². The lowest BCUT2D eigenvalue weighted by Gasteiger charge is -2.39. The number of amides is 7. The molecule has 490 valence electrons. The lowest BCUT2D eigenvalue weighted by molar-refractivity contribution is -0.178. The molecule has 89 heavy (non-hydrogen) atoms. The number of fused-ring (bicyclic) bond motifs is 1. The number of nitrogens with zero attached hydrogens (tertiary/aromatic N) is 7. The number of likely N-dealkylation sites (N-methyl/N-ethyl adjacent to an activating group) is 4. The number of cyclic esters (lactones) is 1. The van der Waals surface area contributed by atoms with Crippen molar-refractivity contribution >= 4 is 53.1 Å². The molecule has 0 radical (unpaired) electrons.